The average Bonchev–Trinajstić information content (AvgIpc) is 3.38. The van der Waals surface area contributed by atoms with E-state index in [1.165, 1.54) is 12.1 Å². The van der Waals surface area contributed by atoms with Gasteiger partial charge in [0, 0.05) is 24.3 Å². The Hall–Kier alpha value is -3.24. The molecule has 2 heterocycles. The summed E-state index contributed by atoms with van der Waals surface area (Å²) in [6.07, 6.45) is 6.74. The summed E-state index contributed by atoms with van der Waals surface area (Å²) in [5.41, 5.74) is 2.26. The number of halogens is 2. The zero-order valence-corrected chi connectivity index (χ0v) is 20.8. The normalized spacial score (nSPS) is 12.3. The summed E-state index contributed by atoms with van der Waals surface area (Å²) < 4.78 is 30.1. The highest BCUT2D eigenvalue weighted by Gasteiger charge is 2.23. The van der Waals surface area contributed by atoms with Gasteiger partial charge in [-0.05, 0) is 48.9 Å². The molecule has 4 rings (SSSR count). The van der Waals surface area contributed by atoms with Gasteiger partial charge in [-0.25, -0.2) is 18.1 Å². The Bertz CT molecular complexity index is 1450. The maximum atomic E-state index is 13.1. The van der Waals surface area contributed by atoms with Gasteiger partial charge in [0.1, 0.15) is 4.90 Å². The molecule has 0 aliphatic carbocycles. The standard InChI is InChI=1S/C24H21Cl2N5O3S/c1-16(17-5-4-7-19(11-17)31-10-9-27-15-31)30-24(32)20-12-23(22(26)13-21(20)25)35(33,34)29-14-18-6-2-3-8-28-18/h2-13,15-16,29H,14H2,1H3,(H,30,32). The summed E-state index contributed by atoms with van der Waals surface area (Å²) in [4.78, 5) is 20.9. The molecule has 0 saturated carbocycles. The molecule has 4 aromatic rings. The smallest absolute Gasteiger partial charge is 0.253 e. The van der Waals surface area contributed by atoms with Crippen LogP contribution >= 0.6 is 23.2 Å². The molecule has 2 aromatic carbocycles. The largest absolute Gasteiger partial charge is 0.345 e. The predicted molar refractivity (Wildman–Crippen MR) is 134 cm³/mol. The minimum absolute atomic E-state index is 0.00751. The lowest BCUT2D eigenvalue weighted by Gasteiger charge is -2.17. The van der Waals surface area contributed by atoms with Crippen molar-refractivity contribution in [1.82, 2.24) is 24.6 Å². The fourth-order valence-electron chi connectivity index (χ4n) is 3.38. The molecule has 11 heteroatoms. The highest BCUT2D eigenvalue weighted by atomic mass is 35.5. The number of carbonyl (C=O) groups excluding carboxylic acids is 1. The minimum Gasteiger partial charge on any atom is -0.345 e. The first-order valence-electron chi connectivity index (χ1n) is 10.5. The minimum atomic E-state index is -4.04. The quantitative estimate of drug-likeness (QED) is 0.348. The van der Waals surface area contributed by atoms with Gasteiger partial charge in [0.15, 0.2) is 0 Å². The lowest BCUT2D eigenvalue weighted by atomic mass is 10.1. The van der Waals surface area contributed by atoms with E-state index in [0.29, 0.717) is 5.69 Å². The van der Waals surface area contributed by atoms with Crippen molar-refractivity contribution in [3.8, 4) is 5.69 Å². The molecule has 1 unspecified atom stereocenters. The molecule has 0 aliphatic rings. The fraction of sp³-hybridized carbons (Fsp3) is 0.125. The van der Waals surface area contributed by atoms with Gasteiger partial charge in [0.2, 0.25) is 10.0 Å². The average molecular weight is 530 g/mol. The zero-order chi connectivity index (χ0) is 25.0. The van der Waals surface area contributed by atoms with Crippen molar-refractivity contribution in [2.45, 2.75) is 24.4 Å². The van der Waals surface area contributed by atoms with Crippen molar-refractivity contribution in [1.29, 1.82) is 0 Å². The number of imidazole rings is 1. The number of carbonyl (C=O) groups is 1. The van der Waals surface area contributed by atoms with E-state index < -0.39 is 15.9 Å². The zero-order valence-electron chi connectivity index (χ0n) is 18.5. The third kappa shape index (κ3) is 5.88. The lowest BCUT2D eigenvalue weighted by molar-refractivity contribution is 0.0940. The van der Waals surface area contributed by atoms with E-state index in [4.69, 9.17) is 23.2 Å². The van der Waals surface area contributed by atoms with E-state index in [0.717, 1.165) is 11.3 Å². The van der Waals surface area contributed by atoms with E-state index in [-0.39, 0.29) is 33.1 Å². The van der Waals surface area contributed by atoms with Gasteiger partial charge in [-0.3, -0.25) is 9.78 Å². The number of pyridine rings is 1. The summed E-state index contributed by atoms with van der Waals surface area (Å²) in [6.45, 7) is 1.79. The number of benzene rings is 2. The predicted octanol–water partition coefficient (Wildman–Crippen LogP) is 4.54. The first-order chi connectivity index (χ1) is 16.7. The molecule has 1 amide bonds. The van der Waals surface area contributed by atoms with Gasteiger partial charge in [0.25, 0.3) is 5.91 Å². The molecule has 1 atom stereocenters. The number of sulfonamides is 1. The van der Waals surface area contributed by atoms with Crippen molar-refractivity contribution in [2.75, 3.05) is 0 Å². The van der Waals surface area contributed by atoms with Crippen molar-refractivity contribution in [3.63, 3.8) is 0 Å². The third-order valence-electron chi connectivity index (χ3n) is 5.25. The van der Waals surface area contributed by atoms with Crippen LogP contribution in [-0.2, 0) is 16.6 Å². The molecule has 0 fully saturated rings. The number of nitrogens with zero attached hydrogens (tertiary/aromatic N) is 3. The molecule has 35 heavy (non-hydrogen) atoms. The van der Waals surface area contributed by atoms with Crippen LogP contribution < -0.4 is 10.0 Å². The number of amides is 1. The Morgan fingerprint density at radius 2 is 1.89 bits per heavy atom. The Kier molecular flexibility index (Phi) is 7.51. The van der Waals surface area contributed by atoms with E-state index in [9.17, 15) is 13.2 Å². The second-order valence-electron chi connectivity index (χ2n) is 7.67. The first-order valence-corrected chi connectivity index (χ1v) is 12.8. The van der Waals surface area contributed by atoms with E-state index in [1.807, 2.05) is 42.0 Å². The van der Waals surface area contributed by atoms with Gasteiger partial charge < -0.3 is 9.88 Å². The summed E-state index contributed by atoms with van der Waals surface area (Å²) in [6, 6.07) is 14.8. The summed E-state index contributed by atoms with van der Waals surface area (Å²) >= 11 is 12.4. The molecule has 180 valence electrons. The number of nitrogens with one attached hydrogen (secondary N) is 2. The Labute approximate surface area is 213 Å². The van der Waals surface area contributed by atoms with E-state index >= 15 is 0 Å². The maximum absolute atomic E-state index is 13.1. The van der Waals surface area contributed by atoms with Crippen molar-refractivity contribution >= 4 is 39.1 Å². The number of aromatic nitrogens is 3. The summed E-state index contributed by atoms with van der Waals surface area (Å²) in [5, 5.41) is 2.81. The third-order valence-corrected chi connectivity index (χ3v) is 7.42. The molecule has 2 aromatic heterocycles. The fourth-order valence-corrected chi connectivity index (χ4v) is 5.24. The Morgan fingerprint density at radius 1 is 1.06 bits per heavy atom. The van der Waals surface area contributed by atoms with Crippen LogP contribution in [0.4, 0.5) is 0 Å². The molecule has 8 nitrogen and oxygen atoms in total. The van der Waals surface area contributed by atoms with Gasteiger partial charge >= 0.3 is 0 Å². The Morgan fingerprint density at radius 3 is 2.60 bits per heavy atom. The lowest BCUT2D eigenvalue weighted by Crippen LogP contribution is -2.28. The van der Waals surface area contributed by atoms with Crippen molar-refractivity contribution in [2.24, 2.45) is 0 Å². The highest BCUT2D eigenvalue weighted by Crippen LogP contribution is 2.29. The molecular weight excluding hydrogens is 509 g/mol. The molecule has 2 N–H and O–H groups in total. The maximum Gasteiger partial charge on any atom is 0.253 e. The number of hydrogen-bond acceptors (Lipinski definition) is 5. The molecule has 0 spiro atoms. The van der Waals surface area contributed by atoms with Crippen LogP contribution in [0.2, 0.25) is 10.0 Å². The van der Waals surface area contributed by atoms with E-state index in [2.05, 4.69) is 20.0 Å². The molecule has 0 bridgehead atoms. The molecule has 0 saturated heterocycles. The summed E-state index contributed by atoms with van der Waals surface area (Å²) in [5.74, 6) is -0.534. The van der Waals surface area contributed by atoms with Gasteiger partial charge in [-0.15, -0.1) is 0 Å². The van der Waals surface area contributed by atoms with Crippen LogP contribution in [0.3, 0.4) is 0 Å². The Balaban J connectivity index is 1.54. The molecule has 0 aliphatic heterocycles. The van der Waals surface area contributed by atoms with Crippen LogP contribution in [0.15, 0.2) is 84.4 Å². The van der Waals surface area contributed by atoms with Gasteiger partial charge in [-0.1, -0.05) is 41.4 Å². The van der Waals surface area contributed by atoms with E-state index in [1.54, 1.807) is 36.9 Å². The second-order valence-corrected chi connectivity index (χ2v) is 10.2. The monoisotopic (exact) mass is 529 g/mol. The highest BCUT2D eigenvalue weighted by molar-refractivity contribution is 7.89. The van der Waals surface area contributed by atoms with Crippen LogP contribution in [0.1, 0.15) is 34.6 Å². The van der Waals surface area contributed by atoms with Crippen LogP contribution in [0, 0.1) is 0 Å². The number of hydrogen-bond donors (Lipinski definition) is 2. The van der Waals surface area contributed by atoms with Crippen LogP contribution in [-0.4, -0.2) is 28.9 Å². The second kappa shape index (κ2) is 10.6. The number of rotatable bonds is 8. The first kappa shape index (κ1) is 24.9. The van der Waals surface area contributed by atoms with Gasteiger partial charge in [-0.2, -0.15) is 0 Å². The summed E-state index contributed by atoms with van der Waals surface area (Å²) in [7, 11) is -4.04. The van der Waals surface area contributed by atoms with Gasteiger partial charge in [0.05, 0.1) is 40.2 Å². The SMILES string of the molecule is CC(NC(=O)c1cc(S(=O)(=O)NCc2ccccn2)c(Cl)cc1Cl)c1cccc(-n2ccnc2)c1. The molecular formula is C24H21Cl2N5O3S. The van der Waals surface area contributed by atoms with Crippen LogP contribution in [0.5, 0.6) is 0 Å². The van der Waals surface area contributed by atoms with Crippen molar-refractivity contribution in [3.05, 3.63) is 106 Å². The molecule has 0 radical (unpaired) electrons. The van der Waals surface area contributed by atoms with Crippen LogP contribution in [0.25, 0.3) is 5.69 Å². The van der Waals surface area contributed by atoms with Crippen molar-refractivity contribution < 1.29 is 13.2 Å². The topological polar surface area (TPSA) is 106 Å².